The molecule has 0 N–H and O–H groups in total. The third-order valence-electron chi connectivity index (χ3n) is 4.43. The Hall–Kier alpha value is -1.67. The van der Waals surface area contributed by atoms with E-state index in [9.17, 15) is 0 Å². The molecule has 0 unspecified atom stereocenters. The Morgan fingerprint density at radius 2 is 2.00 bits per heavy atom. The van der Waals surface area contributed by atoms with Gasteiger partial charge in [-0.15, -0.1) is 0 Å². The lowest BCUT2D eigenvalue weighted by Gasteiger charge is -2.34. The molecule has 0 spiro atoms. The average Bonchev–Trinajstić information content (AvgIpc) is 3.36. The van der Waals surface area contributed by atoms with Gasteiger partial charge < -0.3 is 14.1 Å². The van der Waals surface area contributed by atoms with Crippen LogP contribution in [0.4, 0.5) is 5.95 Å². The van der Waals surface area contributed by atoms with E-state index in [2.05, 4.69) is 40.7 Å². The molecule has 2 aromatic rings. The second kappa shape index (κ2) is 6.68. The molecule has 0 bridgehead atoms. The van der Waals surface area contributed by atoms with Crippen LogP contribution in [-0.2, 0) is 6.54 Å². The Bertz CT molecular complexity index is 710. The normalized spacial score (nSPS) is 18.8. The quantitative estimate of drug-likeness (QED) is 0.772. The highest BCUT2D eigenvalue weighted by atomic mass is 79.9. The zero-order valence-electron chi connectivity index (χ0n) is 13.6. The number of methoxy groups -OCH3 is 1. The third kappa shape index (κ3) is 3.39. The molecule has 0 atom stereocenters. The lowest BCUT2D eigenvalue weighted by Crippen LogP contribution is -2.46. The van der Waals surface area contributed by atoms with Crippen molar-refractivity contribution < 1.29 is 9.15 Å². The first-order valence-corrected chi connectivity index (χ1v) is 9.00. The van der Waals surface area contributed by atoms with Crippen molar-refractivity contribution in [3.05, 3.63) is 28.5 Å². The Balaban J connectivity index is 1.34. The van der Waals surface area contributed by atoms with E-state index in [0.29, 0.717) is 17.7 Å². The number of aromatic nitrogens is 3. The number of piperazine rings is 1. The molecule has 1 saturated carbocycles. The van der Waals surface area contributed by atoms with Crippen LogP contribution in [0, 0.1) is 0 Å². The van der Waals surface area contributed by atoms with E-state index in [1.54, 1.807) is 13.3 Å². The number of nitrogens with zero attached hydrogens (tertiary/aromatic N) is 5. The molecule has 3 heterocycles. The monoisotopic (exact) mass is 393 g/mol. The molecular weight excluding hydrogens is 374 g/mol. The van der Waals surface area contributed by atoms with Crippen molar-refractivity contribution in [2.24, 2.45) is 0 Å². The lowest BCUT2D eigenvalue weighted by molar-refractivity contribution is 0.227. The van der Waals surface area contributed by atoms with Gasteiger partial charge >= 0.3 is 0 Å². The summed E-state index contributed by atoms with van der Waals surface area (Å²) in [5.41, 5.74) is 0. The van der Waals surface area contributed by atoms with E-state index in [1.807, 2.05) is 6.20 Å². The van der Waals surface area contributed by atoms with Gasteiger partial charge in [0.15, 0.2) is 5.89 Å². The Morgan fingerprint density at radius 1 is 1.21 bits per heavy atom. The molecule has 128 valence electrons. The van der Waals surface area contributed by atoms with Gasteiger partial charge in [-0.2, -0.15) is 4.98 Å². The average molecular weight is 394 g/mol. The van der Waals surface area contributed by atoms with Gasteiger partial charge in [0.05, 0.1) is 30.5 Å². The van der Waals surface area contributed by atoms with Crippen LogP contribution in [0.3, 0.4) is 0 Å². The molecule has 2 fully saturated rings. The summed E-state index contributed by atoms with van der Waals surface area (Å²) < 4.78 is 11.9. The number of hydrogen-bond donors (Lipinski definition) is 0. The fraction of sp³-hybridized carbons (Fsp3) is 0.562. The highest BCUT2D eigenvalue weighted by molar-refractivity contribution is 9.10. The van der Waals surface area contributed by atoms with Crippen molar-refractivity contribution in [1.82, 2.24) is 19.9 Å². The van der Waals surface area contributed by atoms with Gasteiger partial charge in [0.1, 0.15) is 5.76 Å². The van der Waals surface area contributed by atoms with E-state index in [0.717, 1.165) is 48.8 Å². The molecule has 1 aliphatic carbocycles. The maximum absolute atomic E-state index is 5.85. The fourth-order valence-corrected chi connectivity index (χ4v) is 3.23. The van der Waals surface area contributed by atoms with Gasteiger partial charge in [-0.1, -0.05) is 0 Å². The van der Waals surface area contributed by atoms with Crippen molar-refractivity contribution in [3.8, 4) is 5.88 Å². The van der Waals surface area contributed by atoms with E-state index in [4.69, 9.17) is 9.15 Å². The van der Waals surface area contributed by atoms with Gasteiger partial charge in [-0.3, -0.25) is 4.90 Å². The van der Waals surface area contributed by atoms with Gasteiger partial charge in [0.25, 0.3) is 0 Å². The van der Waals surface area contributed by atoms with Crippen molar-refractivity contribution in [2.75, 3.05) is 38.2 Å². The minimum atomic E-state index is 0.566. The number of oxazole rings is 1. The van der Waals surface area contributed by atoms with Crippen LogP contribution in [0.2, 0.25) is 0 Å². The lowest BCUT2D eigenvalue weighted by atomic mass is 10.3. The standard InChI is InChI=1S/C16H20BrN5O2/c1-23-15-13(17)9-19-16(20-15)22-6-4-21(5-7-22)10-12-8-18-14(24-12)11-2-3-11/h8-9,11H,2-7,10H2,1H3. The second-order valence-corrected chi connectivity index (χ2v) is 7.08. The summed E-state index contributed by atoms with van der Waals surface area (Å²) in [6, 6.07) is 0. The molecule has 24 heavy (non-hydrogen) atoms. The minimum absolute atomic E-state index is 0.566. The number of anilines is 1. The second-order valence-electron chi connectivity index (χ2n) is 6.23. The van der Waals surface area contributed by atoms with E-state index >= 15 is 0 Å². The third-order valence-corrected chi connectivity index (χ3v) is 4.97. The van der Waals surface area contributed by atoms with Crippen molar-refractivity contribution in [2.45, 2.75) is 25.3 Å². The minimum Gasteiger partial charge on any atom is -0.480 e. The van der Waals surface area contributed by atoms with Gasteiger partial charge in [-0.05, 0) is 28.8 Å². The van der Waals surface area contributed by atoms with Gasteiger partial charge in [-0.25, -0.2) is 9.97 Å². The van der Waals surface area contributed by atoms with Crippen LogP contribution >= 0.6 is 15.9 Å². The van der Waals surface area contributed by atoms with E-state index < -0.39 is 0 Å². The fourth-order valence-electron chi connectivity index (χ4n) is 2.88. The van der Waals surface area contributed by atoms with Crippen molar-refractivity contribution in [1.29, 1.82) is 0 Å². The van der Waals surface area contributed by atoms with Crippen molar-refractivity contribution in [3.63, 3.8) is 0 Å². The highest BCUT2D eigenvalue weighted by Crippen LogP contribution is 2.39. The summed E-state index contributed by atoms with van der Waals surface area (Å²) in [4.78, 5) is 17.8. The van der Waals surface area contributed by atoms with Crippen molar-refractivity contribution >= 4 is 21.9 Å². The van der Waals surface area contributed by atoms with E-state index in [1.165, 1.54) is 12.8 Å². The molecule has 1 saturated heterocycles. The predicted octanol–water partition coefficient (Wildman–Crippen LogP) is 2.44. The predicted molar refractivity (Wildman–Crippen MR) is 92.3 cm³/mol. The molecule has 4 rings (SSSR count). The Kier molecular flexibility index (Phi) is 4.41. The molecule has 0 radical (unpaired) electrons. The van der Waals surface area contributed by atoms with E-state index in [-0.39, 0.29) is 0 Å². The smallest absolute Gasteiger partial charge is 0.232 e. The van der Waals surface area contributed by atoms with Crippen LogP contribution in [0.5, 0.6) is 5.88 Å². The highest BCUT2D eigenvalue weighted by Gasteiger charge is 2.29. The van der Waals surface area contributed by atoms with Crippen LogP contribution in [-0.4, -0.2) is 53.1 Å². The first-order chi connectivity index (χ1) is 11.7. The van der Waals surface area contributed by atoms with Gasteiger partial charge in [0.2, 0.25) is 11.8 Å². The summed E-state index contributed by atoms with van der Waals surface area (Å²) in [7, 11) is 1.61. The largest absolute Gasteiger partial charge is 0.480 e. The summed E-state index contributed by atoms with van der Waals surface area (Å²) in [5.74, 6) is 3.73. The SMILES string of the molecule is COc1nc(N2CCN(Cc3cnc(C4CC4)o3)CC2)ncc1Br. The number of hydrogen-bond acceptors (Lipinski definition) is 7. The Labute approximate surface area is 149 Å². The first kappa shape index (κ1) is 15.8. The molecule has 8 heteroatoms. The van der Waals surface area contributed by atoms with Crippen LogP contribution in [0.15, 0.2) is 21.3 Å². The number of ether oxygens (including phenoxy) is 1. The summed E-state index contributed by atoms with van der Waals surface area (Å²) >= 11 is 3.38. The summed E-state index contributed by atoms with van der Waals surface area (Å²) in [5, 5.41) is 0. The molecule has 0 amide bonds. The number of rotatable bonds is 5. The first-order valence-electron chi connectivity index (χ1n) is 8.21. The number of halogens is 1. The topological polar surface area (TPSA) is 67.5 Å². The zero-order valence-corrected chi connectivity index (χ0v) is 15.2. The van der Waals surface area contributed by atoms with Crippen LogP contribution < -0.4 is 9.64 Å². The Morgan fingerprint density at radius 3 is 2.71 bits per heavy atom. The summed E-state index contributed by atoms with van der Waals surface area (Å²) in [6.45, 7) is 4.48. The maximum Gasteiger partial charge on any atom is 0.232 e. The van der Waals surface area contributed by atoms with Crippen LogP contribution in [0.25, 0.3) is 0 Å². The molecule has 2 aromatic heterocycles. The molecule has 0 aromatic carbocycles. The molecule has 1 aliphatic heterocycles. The molecule has 7 nitrogen and oxygen atoms in total. The molecule has 2 aliphatic rings. The van der Waals surface area contributed by atoms with Gasteiger partial charge in [0, 0.05) is 32.1 Å². The maximum atomic E-state index is 5.85. The van der Waals surface area contributed by atoms with Crippen LogP contribution in [0.1, 0.15) is 30.4 Å². The summed E-state index contributed by atoms with van der Waals surface area (Å²) in [6.07, 6.45) is 6.05. The molecular formula is C16H20BrN5O2. The zero-order chi connectivity index (χ0) is 16.5.